The maximum atomic E-state index is 10.9. The van der Waals surface area contributed by atoms with Crippen molar-refractivity contribution in [2.75, 3.05) is 9.80 Å². The molecule has 160 valence electrons. The second-order valence-electron chi connectivity index (χ2n) is 8.04. The first kappa shape index (κ1) is 20.3. The zero-order valence-electron chi connectivity index (χ0n) is 18.6. The Bertz CT molecular complexity index is 1330. The molecular weight excluding hydrogens is 414 g/mol. The fourth-order valence-corrected chi connectivity index (χ4v) is 5.33. The number of nitrogens with zero attached hydrogens (tertiary/aromatic N) is 3. The van der Waals surface area contributed by atoms with Crippen LogP contribution in [0.4, 0.5) is 11.4 Å². The van der Waals surface area contributed by atoms with E-state index in [1.807, 2.05) is 36.4 Å². The van der Waals surface area contributed by atoms with Gasteiger partial charge in [-0.05, 0) is 64.1 Å². The minimum absolute atomic E-state index is 0.239. The van der Waals surface area contributed by atoms with Crippen molar-refractivity contribution in [3.8, 4) is 16.3 Å². The van der Waals surface area contributed by atoms with Crippen LogP contribution in [0, 0.1) is 0 Å². The van der Waals surface area contributed by atoms with Crippen LogP contribution in [0.3, 0.4) is 0 Å². The van der Waals surface area contributed by atoms with Crippen LogP contribution in [0.1, 0.15) is 27.7 Å². The maximum Gasteiger partial charge on any atom is 0.128 e. The number of hydrogen-bond donors (Lipinski definition) is 1. The number of benzene rings is 3. The van der Waals surface area contributed by atoms with Crippen molar-refractivity contribution >= 4 is 32.9 Å². The molecule has 0 saturated carbocycles. The highest BCUT2D eigenvalue weighted by atomic mass is 32.1. The van der Waals surface area contributed by atoms with E-state index in [1.165, 1.54) is 0 Å². The molecule has 1 N–H and O–H groups in total. The van der Waals surface area contributed by atoms with Gasteiger partial charge in [0.25, 0.3) is 0 Å². The van der Waals surface area contributed by atoms with Crippen LogP contribution < -0.4 is 9.80 Å². The number of aromatic hydroxyl groups is 1. The molecule has 2 heterocycles. The maximum absolute atomic E-state index is 10.9. The van der Waals surface area contributed by atoms with E-state index in [-0.39, 0.29) is 5.75 Å². The van der Waals surface area contributed by atoms with Gasteiger partial charge in [0.2, 0.25) is 0 Å². The van der Waals surface area contributed by atoms with Gasteiger partial charge in [-0.15, -0.1) is 11.3 Å². The summed E-state index contributed by atoms with van der Waals surface area (Å²) in [7, 11) is 0. The lowest BCUT2D eigenvalue weighted by Crippen LogP contribution is -2.34. The first-order valence-electron chi connectivity index (χ1n) is 10.6. The zero-order valence-corrected chi connectivity index (χ0v) is 19.4. The van der Waals surface area contributed by atoms with Crippen molar-refractivity contribution in [3.63, 3.8) is 0 Å². The minimum Gasteiger partial charge on any atom is -0.507 e. The van der Waals surface area contributed by atoms with E-state index in [9.17, 15) is 5.11 Å². The summed E-state index contributed by atoms with van der Waals surface area (Å²) in [6.45, 7) is 8.53. The van der Waals surface area contributed by atoms with E-state index in [0.29, 0.717) is 0 Å². The first-order valence-corrected chi connectivity index (χ1v) is 11.5. The normalized spacial score (nSPS) is 14.6. The van der Waals surface area contributed by atoms with Crippen LogP contribution in [-0.4, -0.2) is 10.1 Å². The number of phenolic OH excluding ortho intramolecular Hbond substituents is 1. The van der Waals surface area contributed by atoms with Gasteiger partial charge in [-0.1, -0.05) is 30.3 Å². The zero-order chi connectivity index (χ0) is 22.4. The van der Waals surface area contributed by atoms with E-state index in [4.69, 9.17) is 4.98 Å². The Hall–Kier alpha value is -3.57. The number of anilines is 2. The molecular formula is C27H25N3OS. The molecule has 0 atom stereocenters. The summed E-state index contributed by atoms with van der Waals surface area (Å²) in [5.41, 5.74) is 8.38. The van der Waals surface area contributed by atoms with Crippen LogP contribution in [0.25, 0.3) is 20.8 Å². The fourth-order valence-electron chi connectivity index (χ4n) is 4.33. The molecule has 0 saturated heterocycles. The number of para-hydroxylation sites is 2. The van der Waals surface area contributed by atoms with E-state index >= 15 is 0 Å². The number of fused-ring (bicyclic) bond motifs is 1. The highest BCUT2D eigenvalue weighted by Gasteiger charge is 2.27. The van der Waals surface area contributed by atoms with E-state index in [0.717, 1.165) is 55.0 Å². The Morgan fingerprint density at radius 3 is 1.91 bits per heavy atom. The van der Waals surface area contributed by atoms with Crippen LogP contribution in [-0.2, 0) is 0 Å². The monoisotopic (exact) mass is 439 g/mol. The molecule has 0 amide bonds. The molecule has 0 fully saturated rings. The lowest BCUT2D eigenvalue weighted by atomic mass is 10.1. The number of hydrogen-bond acceptors (Lipinski definition) is 5. The predicted molar refractivity (Wildman–Crippen MR) is 135 cm³/mol. The highest BCUT2D eigenvalue weighted by Crippen LogP contribution is 2.41. The summed E-state index contributed by atoms with van der Waals surface area (Å²) in [5, 5.41) is 11.8. The molecule has 3 aromatic carbocycles. The standard InChI is InChI=1S/C27H25N3OS/c1-17-19(3)30(20(4)18(2)29(17)21-10-6-5-7-11-21)22-14-15-23(25(31)16-22)27-28-24-12-8-9-13-26(24)32-27/h5-16,31H,1-4H3. The quantitative estimate of drug-likeness (QED) is 0.359. The van der Waals surface area contributed by atoms with Gasteiger partial charge in [-0.25, -0.2) is 4.98 Å². The van der Waals surface area contributed by atoms with Crippen molar-refractivity contribution in [2.45, 2.75) is 27.7 Å². The molecule has 0 unspecified atom stereocenters. The summed E-state index contributed by atoms with van der Waals surface area (Å²) in [6, 6.07) is 24.3. The molecule has 0 bridgehead atoms. The molecule has 4 nitrogen and oxygen atoms in total. The summed E-state index contributed by atoms with van der Waals surface area (Å²) < 4.78 is 1.12. The molecule has 32 heavy (non-hydrogen) atoms. The highest BCUT2D eigenvalue weighted by molar-refractivity contribution is 7.21. The fraction of sp³-hybridized carbons (Fsp3) is 0.148. The number of phenols is 1. The van der Waals surface area contributed by atoms with Gasteiger partial charge in [0.05, 0.1) is 15.8 Å². The number of aromatic nitrogens is 1. The third-order valence-electron chi connectivity index (χ3n) is 6.17. The van der Waals surface area contributed by atoms with Crippen LogP contribution in [0.15, 0.2) is 95.6 Å². The molecule has 0 radical (unpaired) electrons. The first-order chi connectivity index (χ1) is 15.5. The molecule has 4 aromatic rings. The van der Waals surface area contributed by atoms with Gasteiger partial charge in [-0.2, -0.15) is 0 Å². The van der Waals surface area contributed by atoms with Gasteiger partial charge >= 0.3 is 0 Å². The van der Waals surface area contributed by atoms with E-state index < -0.39 is 0 Å². The van der Waals surface area contributed by atoms with Gasteiger partial charge in [0.15, 0.2) is 0 Å². The van der Waals surface area contributed by atoms with Crippen molar-refractivity contribution in [3.05, 3.63) is 95.6 Å². The third-order valence-corrected chi connectivity index (χ3v) is 7.24. The molecule has 5 heteroatoms. The summed E-state index contributed by atoms with van der Waals surface area (Å²) >= 11 is 1.60. The van der Waals surface area contributed by atoms with Crippen molar-refractivity contribution in [1.29, 1.82) is 0 Å². The molecule has 0 spiro atoms. The average Bonchev–Trinajstić information content (AvgIpc) is 3.23. The smallest absolute Gasteiger partial charge is 0.128 e. The molecule has 0 aliphatic carbocycles. The number of thiazole rings is 1. The van der Waals surface area contributed by atoms with Crippen molar-refractivity contribution in [2.24, 2.45) is 0 Å². The van der Waals surface area contributed by atoms with Crippen LogP contribution in [0.2, 0.25) is 0 Å². The second kappa shape index (κ2) is 7.84. The number of rotatable bonds is 3. The minimum atomic E-state index is 0.239. The summed E-state index contributed by atoms with van der Waals surface area (Å²) in [6.07, 6.45) is 0. The summed E-state index contributed by atoms with van der Waals surface area (Å²) in [5.74, 6) is 0.239. The van der Waals surface area contributed by atoms with Crippen LogP contribution in [0.5, 0.6) is 5.75 Å². The van der Waals surface area contributed by atoms with E-state index in [1.54, 1.807) is 11.3 Å². The molecule has 5 rings (SSSR count). The number of allylic oxidation sites excluding steroid dienone is 4. The Balaban J connectivity index is 1.55. The average molecular weight is 440 g/mol. The second-order valence-corrected chi connectivity index (χ2v) is 9.07. The molecule has 1 aromatic heterocycles. The van der Waals surface area contributed by atoms with Gasteiger partial charge < -0.3 is 14.9 Å². The molecule has 1 aliphatic rings. The Morgan fingerprint density at radius 2 is 1.28 bits per heavy atom. The van der Waals surface area contributed by atoms with E-state index in [2.05, 4.69) is 73.9 Å². The Labute approximate surface area is 192 Å². The van der Waals surface area contributed by atoms with Gasteiger partial charge in [-0.3, -0.25) is 0 Å². The SMILES string of the molecule is CC1=C(C)N(c2ccc(-c3nc4ccccc4s3)c(O)c2)C(C)=C(C)N1c1ccccc1. The molecule has 1 aliphatic heterocycles. The van der Waals surface area contributed by atoms with Crippen LogP contribution >= 0.6 is 11.3 Å². The Kier molecular flexibility index (Phi) is 4.98. The van der Waals surface area contributed by atoms with Crippen molar-refractivity contribution < 1.29 is 5.11 Å². The summed E-state index contributed by atoms with van der Waals surface area (Å²) in [4.78, 5) is 9.21. The predicted octanol–water partition coefficient (Wildman–Crippen LogP) is 7.50. The van der Waals surface area contributed by atoms with Crippen molar-refractivity contribution in [1.82, 2.24) is 4.98 Å². The lowest BCUT2D eigenvalue weighted by molar-refractivity contribution is 0.477. The third kappa shape index (κ3) is 3.26. The largest absolute Gasteiger partial charge is 0.507 e. The van der Waals surface area contributed by atoms with Gasteiger partial charge in [0.1, 0.15) is 10.8 Å². The Morgan fingerprint density at radius 1 is 0.688 bits per heavy atom. The van der Waals surface area contributed by atoms with Gasteiger partial charge in [0, 0.05) is 40.2 Å². The lowest BCUT2D eigenvalue weighted by Gasteiger charge is -2.40. The topological polar surface area (TPSA) is 39.6 Å².